The number of benzene rings is 2. The Morgan fingerprint density at radius 3 is 2.67 bits per heavy atom. The van der Waals surface area contributed by atoms with E-state index in [-0.39, 0.29) is 17.6 Å². The highest BCUT2D eigenvalue weighted by Gasteiger charge is 2.29. The van der Waals surface area contributed by atoms with Crippen molar-refractivity contribution in [1.29, 1.82) is 0 Å². The molecule has 0 aliphatic carbocycles. The Labute approximate surface area is 175 Å². The van der Waals surface area contributed by atoms with E-state index < -0.39 is 0 Å². The van der Waals surface area contributed by atoms with Gasteiger partial charge in [-0.3, -0.25) is 4.79 Å². The van der Waals surface area contributed by atoms with Gasteiger partial charge in [0, 0.05) is 24.2 Å². The van der Waals surface area contributed by atoms with Crippen molar-refractivity contribution in [3.05, 3.63) is 71.4 Å². The molecular weight excluding hydrogens is 381 g/mol. The minimum atomic E-state index is -0.303. The lowest BCUT2D eigenvalue weighted by Gasteiger charge is -2.31. The monoisotopic (exact) mass is 407 g/mol. The van der Waals surface area contributed by atoms with Crippen LogP contribution in [-0.4, -0.2) is 34.0 Å². The lowest BCUT2D eigenvalue weighted by Crippen LogP contribution is -2.39. The van der Waals surface area contributed by atoms with Gasteiger partial charge in [-0.15, -0.1) is 0 Å². The number of unbranched alkanes of at least 4 members (excludes halogenated alkanes) is 1. The fourth-order valence-electron chi connectivity index (χ4n) is 3.86. The molecule has 1 fully saturated rings. The first-order valence-corrected chi connectivity index (χ1v) is 10.6. The Hall–Kier alpha value is -3.02. The van der Waals surface area contributed by atoms with Crippen molar-refractivity contribution in [2.45, 2.75) is 44.9 Å². The Morgan fingerprint density at radius 2 is 1.93 bits per heavy atom. The summed E-state index contributed by atoms with van der Waals surface area (Å²) in [6.07, 6.45) is 5.15. The molecular formula is C24H26FN3O2. The summed E-state index contributed by atoms with van der Waals surface area (Å²) >= 11 is 0. The predicted molar refractivity (Wildman–Crippen MR) is 113 cm³/mol. The standard InChI is InChI=1S/C24H26FN3O2/c1-2-3-5-17-7-9-19(10-8-17)24(29)28-15-4-6-20(16-28)23-26-22(27-30-23)18-11-13-21(25)14-12-18/h7-14,20H,2-6,15-16H2,1H3. The second-order valence-corrected chi connectivity index (χ2v) is 7.85. The highest BCUT2D eigenvalue weighted by atomic mass is 19.1. The Kier molecular flexibility index (Phi) is 6.21. The maximum atomic E-state index is 13.1. The van der Waals surface area contributed by atoms with E-state index in [9.17, 15) is 9.18 Å². The van der Waals surface area contributed by atoms with Crippen LogP contribution in [0.15, 0.2) is 53.1 Å². The van der Waals surface area contributed by atoms with Gasteiger partial charge in [0.05, 0.1) is 5.92 Å². The van der Waals surface area contributed by atoms with Crippen molar-refractivity contribution in [2.24, 2.45) is 0 Å². The third kappa shape index (κ3) is 4.58. The second kappa shape index (κ2) is 9.20. The summed E-state index contributed by atoms with van der Waals surface area (Å²) in [5.74, 6) is 0.716. The number of amides is 1. The van der Waals surface area contributed by atoms with Crippen molar-refractivity contribution >= 4 is 5.91 Å². The van der Waals surface area contributed by atoms with Gasteiger partial charge >= 0.3 is 0 Å². The number of carbonyl (C=O) groups is 1. The molecule has 2 aromatic carbocycles. The van der Waals surface area contributed by atoms with Gasteiger partial charge < -0.3 is 9.42 Å². The maximum absolute atomic E-state index is 13.1. The molecule has 0 bridgehead atoms. The minimum absolute atomic E-state index is 0.00762. The van der Waals surface area contributed by atoms with Crippen LogP contribution in [0.25, 0.3) is 11.4 Å². The van der Waals surface area contributed by atoms with E-state index in [0.29, 0.717) is 29.4 Å². The largest absolute Gasteiger partial charge is 0.339 e. The van der Waals surface area contributed by atoms with Gasteiger partial charge in [0.25, 0.3) is 5.91 Å². The van der Waals surface area contributed by atoms with Gasteiger partial charge in [-0.1, -0.05) is 30.6 Å². The van der Waals surface area contributed by atoms with Crippen LogP contribution in [0.4, 0.5) is 4.39 Å². The normalized spacial score (nSPS) is 16.6. The van der Waals surface area contributed by atoms with Crippen molar-refractivity contribution in [2.75, 3.05) is 13.1 Å². The lowest BCUT2D eigenvalue weighted by atomic mass is 9.97. The Morgan fingerprint density at radius 1 is 1.17 bits per heavy atom. The van der Waals surface area contributed by atoms with E-state index in [1.54, 1.807) is 12.1 Å². The molecule has 3 aromatic rings. The molecule has 0 saturated carbocycles. The zero-order valence-corrected chi connectivity index (χ0v) is 17.2. The highest BCUT2D eigenvalue weighted by Crippen LogP contribution is 2.28. The molecule has 0 spiro atoms. The zero-order chi connectivity index (χ0) is 20.9. The molecule has 1 aliphatic rings. The molecule has 1 saturated heterocycles. The molecule has 1 aliphatic heterocycles. The SMILES string of the molecule is CCCCc1ccc(C(=O)N2CCCC(c3nc(-c4ccc(F)cc4)no3)C2)cc1. The number of aryl methyl sites for hydroxylation is 1. The highest BCUT2D eigenvalue weighted by molar-refractivity contribution is 5.94. The molecule has 1 amide bonds. The molecule has 156 valence electrons. The van der Waals surface area contributed by atoms with Gasteiger partial charge in [-0.25, -0.2) is 4.39 Å². The van der Waals surface area contributed by atoms with E-state index in [4.69, 9.17) is 4.52 Å². The van der Waals surface area contributed by atoms with Gasteiger partial charge in [0.1, 0.15) is 5.82 Å². The first-order chi connectivity index (χ1) is 14.6. The van der Waals surface area contributed by atoms with Crippen LogP contribution >= 0.6 is 0 Å². The predicted octanol–water partition coefficient (Wildman–Crippen LogP) is 5.24. The van der Waals surface area contributed by atoms with Crippen LogP contribution in [0.1, 0.15) is 60.3 Å². The molecule has 4 rings (SSSR count). The molecule has 1 unspecified atom stereocenters. The minimum Gasteiger partial charge on any atom is -0.339 e. The third-order valence-corrected chi connectivity index (χ3v) is 5.62. The maximum Gasteiger partial charge on any atom is 0.253 e. The first-order valence-electron chi connectivity index (χ1n) is 10.6. The fourth-order valence-corrected chi connectivity index (χ4v) is 3.86. The first kappa shape index (κ1) is 20.3. The molecule has 0 N–H and O–H groups in total. The van der Waals surface area contributed by atoms with Crippen molar-refractivity contribution in [3.8, 4) is 11.4 Å². The van der Waals surface area contributed by atoms with Crippen LogP contribution < -0.4 is 0 Å². The van der Waals surface area contributed by atoms with E-state index >= 15 is 0 Å². The summed E-state index contributed by atoms with van der Waals surface area (Å²) in [5.41, 5.74) is 2.69. The van der Waals surface area contributed by atoms with Gasteiger partial charge in [0.15, 0.2) is 0 Å². The van der Waals surface area contributed by atoms with E-state index in [1.165, 1.54) is 17.7 Å². The Bertz CT molecular complexity index is 982. The van der Waals surface area contributed by atoms with Crippen molar-refractivity contribution < 1.29 is 13.7 Å². The molecule has 6 heteroatoms. The number of likely N-dealkylation sites (tertiary alicyclic amines) is 1. The Balaban J connectivity index is 1.43. The van der Waals surface area contributed by atoms with Crippen LogP contribution in [0.2, 0.25) is 0 Å². The molecule has 30 heavy (non-hydrogen) atoms. The van der Waals surface area contributed by atoms with Crippen LogP contribution in [0.5, 0.6) is 0 Å². The number of hydrogen-bond donors (Lipinski definition) is 0. The molecule has 1 atom stereocenters. The van der Waals surface area contributed by atoms with Crippen LogP contribution in [-0.2, 0) is 6.42 Å². The average Bonchev–Trinajstić information content (AvgIpc) is 3.28. The molecule has 2 heterocycles. The number of nitrogens with zero attached hydrogens (tertiary/aromatic N) is 3. The van der Waals surface area contributed by atoms with E-state index in [1.807, 2.05) is 17.0 Å². The zero-order valence-electron chi connectivity index (χ0n) is 17.2. The summed E-state index contributed by atoms with van der Waals surface area (Å²) < 4.78 is 18.6. The number of hydrogen-bond acceptors (Lipinski definition) is 4. The van der Waals surface area contributed by atoms with Crippen LogP contribution in [0, 0.1) is 5.82 Å². The fraction of sp³-hybridized carbons (Fsp3) is 0.375. The number of carbonyl (C=O) groups excluding carboxylic acids is 1. The summed E-state index contributed by atoms with van der Waals surface area (Å²) in [6, 6.07) is 14.0. The quantitative estimate of drug-likeness (QED) is 0.561. The summed E-state index contributed by atoms with van der Waals surface area (Å²) in [4.78, 5) is 19.4. The summed E-state index contributed by atoms with van der Waals surface area (Å²) in [6.45, 7) is 3.46. The number of piperidine rings is 1. The molecule has 1 aromatic heterocycles. The van der Waals surface area contributed by atoms with Crippen LogP contribution in [0.3, 0.4) is 0 Å². The van der Waals surface area contributed by atoms with Crippen molar-refractivity contribution in [1.82, 2.24) is 15.0 Å². The molecule has 5 nitrogen and oxygen atoms in total. The van der Waals surface area contributed by atoms with Gasteiger partial charge in [-0.2, -0.15) is 4.98 Å². The average molecular weight is 407 g/mol. The topological polar surface area (TPSA) is 59.2 Å². The summed E-state index contributed by atoms with van der Waals surface area (Å²) in [7, 11) is 0. The number of halogens is 1. The van der Waals surface area contributed by atoms with Gasteiger partial charge in [-0.05, 0) is 67.6 Å². The smallest absolute Gasteiger partial charge is 0.253 e. The number of aromatic nitrogens is 2. The number of rotatable bonds is 6. The second-order valence-electron chi connectivity index (χ2n) is 7.85. The van der Waals surface area contributed by atoms with Crippen molar-refractivity contribution in [3.63, 3.8) is 0 Å². The van der Waals surface area contributed by atoms with E-state index in [0.717, 1.165) is 38.6 Å². The lowest BCUT2D eigenvalue weighted by molar-refractivity contribution is 0.0695. The summed E-state index contributed by atoms with van der Waals surface area (Å²) in [5, 5.41) is 4.04. The van der Waals surface area contributed by atoms with E-state index in [2.05, 4.69) is 29.2 Å². The molecule has 0 radical (unpaired) electrons. The van der Waals surface area contributed by atoms with Gasteiger partial charge in [0.2, 0.25) is 11.7 Å². The third-order valence-electron chi connectivity index (χ3n) is 5.62.